The molecule has 1 aliphatic rings. The number of carbonyl (C=O) groups excluding carboxylic acids is 2. The van der Waals surface area contributed by atoms with Crippen LogP contribution in [0, 0.1) is 12.8 Å². The van der Waals surface area contributed by atoms with Crippen LogP contribution in [0.25, 0.3) is 27.7 Å². The second kappa shape index (κ2) is 12.5. The lowest BCUT2D eigenvalue weighted by Crippen LogP contribution is -2.52. The molecule has 0 saturated heterocycles. The molecule has 6 nitrogen and oxygen atoms in total. The van der Waals surface area contributed by atoms with Gasteiger partial charge in [-0.15, -0.1) is 0 Å². The highest BCUT2D eigenvalue weighted by Gasteiger charge is 2.41. The number of para-hydroxylation sites is 1. The fourth-order valence-corrected chi connectivity index (χ4v) is 6.13. The summed E-state index contributed by atoms with van der Waals surface area (Å²) in [6.07, 6.45) is 3.28. The van der Waals surface area contributed by atoms with Gasteiger partial charge >= 0.3 is 6.61 Å². The van der Waals surface area contributed by atoms with Crippen molar-refractivity contribution in [3.05, 3.63) is 100 Å². The zero-order valence-corrected chi connectivity index (χ0v) is 24.4. The van der Waals surface area contributed by atoms with Gasteiger partial charge in [0.1, 0.15) is 12.0 Å². The number of halogens is 3. The van der Waals surface area contributed by atoms with E-state index in [2.05, 4.69) is 21.2 Å². The third-order valence-electron chi connectivity index (χ3n) is 7.72. The maximum absolute atomic E-state index is 14.4. The average Bonchev–Trinajstić information content (AvgIpc) is 2.98. The van der Waals surface area contributed by atoms with Crippen molar-refractivity contribution >= 4 is 44.6 Å². The molecule has 4 aromatic rings. The lowest BCUT2D eigenvalue weighted by molar-refractivity contribution is -0.110. The number of rotatable bonds is 9. The number of amides is 1. The number of benzene rings is 3. The molecular formula is C33H29BrF2N2O4. The van der Waals surface area contributed by atoms with E-state index in [0.717, 1.165) is 16.3 Å². The van der Waals surface area contributed by atoms with Gasteiger partial charge in [0, 0.05) is 33.5 Å². The van der Waals surface area contributed by atoms with E-state index in [1.807, 2.05) is 55.5 Å². The van der Waals surface area contributed by atoms with E-state index >= 15 is 0 Å². The van der Waals surface area contributed by atoms with Crippen molar-refractivity contribution < 1.29 is 28.2 Å². The minimum atomic E-state index is -3.07. The Hall–Kier alpha value is -3.95. The number of hydrogen-bond acceptors (Lipinski definition) is 5. The zero-order valence-electron chi connectivity index (χ0n) is 22.8. The van der Waals surface area contributed by atoms with Crippen molar-refractivity contribution in [3.63, 3.8) is 0 Å². The van der Waals surface area contributed by atoms with E-state index in [0.29, 0.717) is 51.7 Å². The molecular weight excluding hydrogens is 606 g/mol. The second-order valence-corrected chi connectivity index (χ2v) is 11.2. The van der Waals surface area contributed by atoms with Gasteiger partial charge in [-0.3, -0.25) is 4.79 Å². The number of fused-ring (bicyclic) bond motifs is 1. The molecule has 1 aromatic heterocycles. The van der Waals surface area contributed by atoms with Gasteiger partial charge in [0.05, 0.1) is 22.3 Å². The molecule has 0 radical (unpaired) electrons. The number of carbonyl (C=O) groups is 2. The Kier molecular flexibility index (Phi) is 8.80. The molecule has 2 N–H and O–H groups in total. The first-order valence-corrected chi connectivity index (χ1v) is 14.4. The minimum Gasteiger partial charge on any atom is -0.434 e. The van der Waals surface area contributed by atoms with Crippen LogP contribution in [0.3, 0.4) is 0 Å². The predicted molar refractivity (Wildman–Crippen MR) is 161 cm³/mol. The maximum atomic E-state index is 14.4. The highest BCUT2D eigenvalue weighted by Crippen LogP contribution is 2.44. The number of allylic oxidation sites excluding steroid dienone is 1. The van der Waals surface area contributed by atoms with Crippen molar-refractivity contribution in [2.75, 3.05) is 6.61 Å². The van der Waals surface area contributed by atoms with E-state index < -0.39 is 24.0 Å². The largest absolute Gasteiger partial charge is 0.434 e. The van der Waals surface area contributed by atoms with Crippen molar-refractivity contribution in [2.24, 2.45) is 5.92 Å². The van der Waals surface area contributed by atoms with Gasteiger partial charge < -0.3 is 20.0 Å². The molecule has 0 fully saturated rings. The highest BCUT2D eigenvalue weighted by molar-refractivity contribution is 9.10. The van der Waals surface area contributed by atoms with E-state index in [9.17, 15) is 23.5 Å². The normalized spacial score (nSPS) is 18.5. The SMILES string of the molecule is Cc1c(-c2ccccc2)nc2ccc(Br)cc2c1C(=O)NC1(CCO)CCC(C=O)C=C1c1ccccc1OC(F)F. The van der Waals surface area contributed by atoms with E-state index in [1.165, 1.54) is 6.07 Å². The summed E-state index contributed by atoms with van der Waals surface area (Å²) in [6, 6.07) is 21.4. The topological polar surface area (TPSA) is 88.5 Å². The quantitative estimate of drug-likeness (QED) is 0.191. The Morgan fingerprint density at radius 3 is 2.62 bits per heavy atom. The zero-order chi connectivity index (χ0) is 29.9. The highest BCUT2D eigenvalue weighted by atomic mass is 79.9. The van der Waals surface area contributed by atoms with E-state index in [4.69, 9.17) is 9.72 Å². The number of pyridine rings is 1. The number of hydrogen-bond donors (Lipinski definition) is 2. The Morgan fingerprint density at radius 2 is 1.90 bits per heavy atom. The predicted octanol–water partition coefficient (Wildman–Crippen LogP) is 7.12. The molecule has 2 atom stereocenters. The number of ether oxygens (including phenoxy) is 1. The van der Waals surface area contributed by atoms with Gasteiger partial charge in [0.25, 0.3) is 5.91 Å². The van der Waals surface area contributed by atoms with Crippen LogP contribution >= 0.6 is 15.9 Å². The second-order valence-electron chi connectivity index (χ2n) is 10.3. The molecule has 0 aliphatic heterocycles. The molecule has 2 unspecified atom stereocenters. The Labute approximate surface area is 250 Å². The summed E-state index contributed by atoms with van der Waals surface area (Å²) in [5.41, 5.74) is 2.80. The monoisotopic (exact) mass is 634 g/mol. The molecule has 3 aromatic carbocycles. The molecule has 42 heavy (non-hydrogen) atoms. The number of nitrogens with one attached hydrogen (secondary N) is 1. The summed E-state index contributed by atoms with van der Waals surface area (Å²) in [6.45, 7) is -1.52. The van der Waals surface area contributed by atoms with Crippen LogP contribution in [0.5, 0.6) is 5.75 Å². The summed E-state index contributed by atoms with van der Waals surface area (Å²) < 4.78 is 32.3. The summed E-state index contributed by atoms with van der Waals surface area (Å²) in [4.78, 5) is 31.2. The van der Waals surface area contributed by atoms with Crippen LogP contribution in [-0.4, -0.2) is 41.0 Å². The van der Waals surface area contributed by atoms with Crippen LogP contribution in [0.1, 0.15) is 40.7 Å². The molecule has 0 saturated carbocycles. The maximum Gasteiger partial charge on any atom is 0.387 e. The van der Waals surface area contributed by atoms with Crippen molar-refractivity contribution in [2.45, 2.75) is 38.3 Å². The van der Waals surface area contributed by atoms with E-state index in [-0.39, 0.29) is 18.8 Å². The van der Waals surface area contributed by atoms with Gasteiger partial charge in [-0.1, -0.05) is 70.5 Å². The molecule has 9 heteroatoms. The minimum absolute atomic E-state index is 0.0808. The number of aromatic nitrogens is 1. The fourth-order valence-electron chi connectivity index (χ4n) is 5.77. The third kappa shape index (κ3) is 5.84. The van der Waals surface area contributed by atoms with Crippen LogP contribution in [-0.2, 0) is 4.79 Å². The van der Waals surface area contributed by atoms with Crippen molar-refractivity contribution in [1.82, 2.24) is 10.3 Å². The molecule has 5 rings (SSSR count). The van der Waals surface area contributed by atoms with E-state index in [1.54, 1.807) is 24.3 Å². The molecule has 1 aliphatic carbocycles. The number of aldehydes is 1. The van der Waals surface area contributed by atoms with Crippen molar-refractivity contribution in [3.8, 4) is 17.0 Å². The Morgan fingerprint density at radius 1 is 1.17 bits per heavy atom. The number of aliphatic hydroxyl groups is 1. The molecule has 216 valence electrons. The third-order valence-corrected chi connectivity index (χ3v) is 8.22. The summed E-state index contributed by atoms with van der Waals surface area (Å²) >= 11 is 3.51. The van der Waals surface area contributed by atoms with Crippen LogP contribution in [0.15, 0.2) is 83.3 Å². The lowest BCUT2D eigenvalue weighted by atomic mass is 9.71. The molecule has 1 amide bonds. The van der Waals surface area contributed by atoms with Gasteiger partial charge in [0.2, 0.25) is 0 Å². The number of alkyl halides is 2. The van der Waals surface area contributed by atoms with Gasteiger partial charge in [-0.2, -0.15) is 8.78 Å². The van der Waals surface area contributed by atoms with Gasteiger partial charge in [0.15, 0.2) is 0 Å². The summed E-state index contributed by atoms with van der Waals surface area (Å²) in [7, 11) is 0. The van der Waals surface area contributed by atoms with Crippen LogP contribution in [0.2, 0.25) is 0 Å². The summed E-state index contributed by atoms with van der Waals surface area (Å²) in [5, 5.41) is 14.0. The molecule has 1 heterocycles. The fraction of sp³-hybridized carbons (Fsp3) is 0.242. The van der Waals surface area contributed by atoms with Gasteiger partial charge in [-0.05, 0) is 61.6 Å². The lowest BCUT2D eigenvalue weighted by Gasteiger charge is -2.41. The van der Waals surface area contributed by atoms with Crippen LogP contribution < -0.4 is 10.1 Å². The standard InChI is InChI=1S/C33H29BrF2N2O4/c1-20-29(25-18-23(34)11-12-27(25)37-30(20)22-7-3-2-4-8-22)31(41)38-33(15-16-39)14-13-21(19-40)17-26(33)24-9-5-6-10-28(24)42-32(35)36/h2-12,17-19,21,32,39H,13-16H2,1H3,(H,38,41). The van der Waals surface area contributed by atoms with Gasteiger partial charge in [-0.25, -0.2) is 4.98 Å². The molecule has 0 spiro atoms. The number of aliphatic hydroxyl groups excluding tert-OH is 1. The average molecular weight is 636 g/mol. The number of nitrogens with zero attached hydrogens (tertiary/aromatic N) is 1. The van der Waals surface area contributed by atoms with Crippen LogP contribution in [0.4, 0.5) is 8.78 Å². The first-order valence-electron chi connectivity index (χ1n) is 13.6. The molecule has 0 bridgehead atoms. The smallest absolute Gasteiger partial charge is 0.387 e. The first-order chi connectivity index (χ1) is 20.3. The Bertz CT molecular complexity index is 1660. The first kappa shape index (κ1) is 29.5. The Balaban J connectivity index is 1.68. The summed E-state index contributed by atoms with van der Waals surface area (Å²) in [5.74, 6) is -0.985. The van der Waals surface area contributed by atoms with Crippen molar-refractivity contribution in [1.29, 1.82) is 0 Å².